The first kappa shape index (κ1) is 19.7. The Morgan fingerprint density at radius 2 is 1.93 bits per heavy atom. The number of urea groups is 1. The first-order chi connectivity index (χ1) is 12.8. The molecule has 1 atom stereocenters. The zero-order chi connectivity index (χ0) is 19.7. The van der Waals surface area contributed by atoms with Crippen molar-refractivity contribution in [2.45, 2.75) is 33.1 Å². The SMILES string of the molecule is CCC1=NC2=[N+](C)C(=O)N(C)C(=O)C2C(SCC(=O)N2CCC(C)CC2)=N1. The van der Waals surface area contributed by atoms with Gasteiger partial charge in [0.1, 0.15) is 5.04 Å². The number of amides is 4. The minimum atomic E-state index is -0.716. The molecule has 3 aliphatic rings. The largest absolute Gasteiger partial charge is 0.445 e. The fraction of sp³-hybridized carbons (Fsp3) is 0.667. The summed E-state index contributed by atoms with van der Waals surface area (Å²) in [7, 11) is 3.07. The maximum Gasteiger partial charge on any atom is 0.445 e. The van der Waals surface area contributed by atoms with E-state index in [4.69, 9.17) is 0 Å². The normalized spacial score (nSPS) is 24.1. The minimum absolute atomic E-state index is 0.0674. The van der Waals surface area contributed by atoms with Crippen molar-refractivity contribution in [3.05, 3.63) is 0 Å². The van der Waals surface area contributed by atoms with Crippen LogP contribution in [0, 0.1) is 11.8 Å². The summed E-state index contributed by atoms with van der Waals surface area (Å²) in [6.07, 6.45) is 2.64. The Kier molecular flexibility index (Phi) is 5.78. The molecule has 0 bridgehead atoms. The number of rotatable bonds is 3. The Morgan fingerprint density at radius 3 is 2.56 bits per heavy atom. The van der Waals surface area contributed by atoms with Crippen LogP contribution in [0.4, 0.5) is 4.79 Å². The highest BCUT2D eigenvalue weighted by atomic mass is 32.2. The van der Waals surface area contributed by atoms with E-state index in [2.05, 4.69) is 16.9 Å². The van der Waals surface area contributed by atoms with Crippen LogP contribution < -0.4 is 0 Å². The molecule has 0 radical (unpaired) electrons. The van der Waals surface area contributed by atoms with Gasteiger partial charge in [-0.3, -0.25) is 9.59 Å². The predicted molar refractivity (Wildman–Crippen MR) is 105 cm³/mol. The van der Waals surface area contributed by atoms with E-state index in [9.17, 15) is 14.4 Å². The zero-order valence-electron chi connectivity index (χ0n) is 16.3. The zero-order valence-corrected chi connectivity index (χ0v) is 17.1. The van der Waals surface area contributed by atoms with E-state index in [0.29, 0.717) is 29.1 Å². The highest BCUT2D eigenvalue weighted by molar-refractivity contribution is 8.14. The summed E-state index contributed by atoms with van der Waals surface area (Å²) >= 11 is 1.29. The van der Waals surface area contributed by atoms with Crippen LogP contribution in [0.2, 0.25) is 0 Å². The monoisotopic (exact) mass is 392 g/mol. The quantitative estimate of drug-likeness (QED) is 0.681. The van der Waals surface area contributed by atoms with Gasteiger partial charge in [-0.15, -0.1) is 0 Å². The number of hydrogen-bond acceptors (Lipinski definition) is 6. The molecule has 0 aromatic rings. The number of aliphatic imine (C=N–C) groups is 2. The van der Waals surface area contributed by atoms with Crippen LogP contribution in [0.25, 0.3) is 0 Å². The molecule has 0 N–H and O–H groups in total. The van der Waals surface area contributed by atoms with Crippen LogP contribution in [0.3, 0.4) is 0 Å². The fourth-order valence-corrected chi connectivity index (χ4v) is 4.38. The standard InChI is InChI=1S/C18H26N5O3S/c1-5-12-19-15-14(17(25)22(4)18(26)21(15)3)16(20-12)27-10-13(24)23-8-6-11(2)7-9-23/h11,14H,5-10H2,1-4H3/q+1. The van der Waals surface area contributed by atoms with Gasteiger partial charge in [0.05, 0.1) is 19.8 Å². The van der Waals surface area contributed by atoms with Crippen LogP contribution in [-0.4, -0.2) is 81.9 Å². The van der Waals surface area contributed by atoms with Crippen molar-refractivity contribution in [2.75, 3.05) is 32.9 Å². The lowest BCUT2D eigenvalue weighted by atomic mass is 9.99. The highest BCUT2D eigenvalue weighted by Crippen LogP contribution is 2.26. The molecular formula is C18H26N5O3S+. The second-order valence-corrected chi connectivity index (χ2v) is 8.21. The topological polar surface area (TPSA) is 85.4 Å². The van der Waals surface area contributed by atoms with Crippen LogP contribution >= 0.6 is 11.8 Å². The van der Waals surface area contributed by atoms with Gasteiger partial charge in [0.2, 0.25) is 11.7 Å². The third kappa shape index (κ3) is 3.83. The summed E-state index contributed by atoms with van der Waals surface area (Å²) in [6.45, 7) is 5.70. The van der Waals surface area contributed by atoms with Gasteiger partial charge in [0.25, 0.3) is 5.84 Å². The Morgan fingerprint density at radius 1 is 1.26 bits per heavy atom. The van der Waals surface area contributed by atoms with E-state index in [1.54, 1.807) is 7.05 Å². The molecule has 4 amide bonds. The summed E-state index contributed by atoms with van der Waals surface area (Å²) in [5.41, 5.74) is 0. The second kappa shape index (κ2) is 7.92. The third-order valence-corrected chi connectivity index (χ3v) is 6.29. The first-order valence-corrected chi connectivity index (χ1v) is 10.3. The second-order valence-electron chi connectivity index (χ2n) is 7.21. The van der Waals surface area contributed by atoms with Crippen molar-refractivity contribution in [3.63, 3.8) is 0 Å². The van der Waals surface area contributed by atoms with Crippen molar-refractivity contribution in [1.29, 1.82) is 0 Å². The molecule has 0 aromatic carbocycles. The Hall–Kier alpha value is -2.03. The van der Waals surface area contributed by atoms with Crippen molar-refractivity contribution in [1.82, 2.24) is 9.80 Å². The molecule has 0 aromatic heterocycles. The van der Waals surface area contributed by atoms with Gasteiger partial charge in [-0.05, 0) is 18.8 Å². The summed E-state index contributed by atoms with van der Waals surface area (Å²) in [5.74, 6) is 0.871. The first-order valence-electron chi connectivity index (χ1n) is 9.32. The molecule has 146 valence electrons. The van der Waals surface area contributed by atoms with Crippen LogP contribution in [0.15, 0.2) is 9.98 Å². The van der Waals surface area contributed by atoms with E-state index in [1.165, 1.54) is 23.4 Å². The molecule has 1 fully saturated rings. The van der Waals surface area contributed by atoms with E-state index < -0.39 is 11.9 Å². The van der Waals surface area contributed by atoms with Crippen LogP contribution in [-0.2, 0) is 9.59 Å². The minimum Gasteiger partial charge on any atom is -0.342 e. The number of thioether (sulfide) groups is 1. The van der Waals surface area contributed by atoms with Gasteiger partial charge in [-0.2, -0.15) is 9.48 Å². The molecule has 1 unspecified atom stereocenters. The molecule has 3 rings (SSSR count). The smallest absolute Gasteiger partial charge is 0.342 e. The number of nitrogens with zero attached hydrogens (tertiary/aromatic N) is 5. The number of fused-ring (bicyclic) bond motifs is 1. The predicted octanol–water partition coefficient (Wildman–Crippen LogP) is 1.45. The van der Waals surface area contributed by atoms with Gasteiger partial charge in [-0.1, -0.05) is 30.6 Å². The van der Waals surface area contributed by atoms with E-state index >= 15 is 0 Å². The van der Waals surface area contributed by atoms with E-state index in [1.807, 2.05) is 11.8 Å². The van der Waals surface area contributed by atoms with Crippen LogP contribution in [0.1, 0.15) is 33.1 Å². The lowest BCUT2D eigenvalue weighted by Gasteiger charge is -2.30. The van der Waals surface area contributed by atoms with Crippen molar-refractivity contribution < 1.29 is 19.0 Å². The summed E-state index contributed by atoms with van der Waals surface area (Å²) in [4.78, 5) is 49.4. The molecular weight excluding hydrogens is 366 g/mol. The molecule has 3 heterocycles. The Labute approximate surface area is 163 Å². The van der Waals surface area contributed by atoms with Gasteiger partial charge in [0, 0.05) is 19.5 Å². The summed E-state index contributed by atoms with van der Waals surface area (Å²) < 4.78 is 1.39. The molecule has 9 heteroatoms. The number of piperidine rings is 1. The molecule has 0 saturated carbocycles. The number of hydrogen-bond donors (Lipinski definition) is 0. The summed E-state index contributed by atoms with van der Waals surface area (Å²) in [5, 5.41) is 0.548. The Balaban J connectivity index is 1.78. The highest BCUT2D eigenvalue weighted by Gasteiger charge is 2.49. The molecule has 27 heavy (non-hydrogen) atoms. The molecule has 0 spiro atoms. The molecule has 1 saturated heterocycles. The number of carbonyl (C=O) groups excluding carboxylic acids is 3. The summed E-state index contributed by atoms with van der Waals surface area (Å²) in [6, 6.07) is -0.407. The molecule has 3 aliphatic heterocycles. The maximum atomic E-state index is 12.7. The van der Waals surface area contributed by atoms with Gasteiger partial charge in [-0.25, -0.2) is 9.79 Å². The number of carbonyl (C=O) groups is 3. The average molecular weight is 393 g/mol. The van der Waals surface area contributed by atoms with Gasteiger partial charge < -0.3 is 4.90 Å². The molecule has 8 nitrogen and oxygen atoms in total. The number of imide groups is 1. The van der Waals surface area contributed by atoms with Crippen LogP contribution in [0.5, 0.6) is 0 Å². The lowest BCUT2D eigenvalue weighted by Crippen LogP contribution is -2.54. The van der Waals surface area contributed by atoms with Crippen molar-refractivity contribution in [2.24, 2.45) is 21.8 Å². The fourth-order valence-electron chi connectivity index (χ4n) is 3.38. The van der Waals surface area contributed by atoms with E-state index in [0.717, 1.165) is 30.8 Å². The van der Waals surface area contributed by atoms with Gasteiger partial charge >= 0.3 is 11.9 Å². The average Bonchev–Trinajstić information content (AvgIpc) is 2.68. The number of amidine groups is 2. The maximum absolute atomic E-state index is 12.7. The molecule has 0 aliphatic carbocycles. The third-order valence-electron chi connectivity index (χ3n) is 5.28. The van der Waals surface area contributed by atoms with Crippen molar-refractivity contribution in [3.8, 4) is 0 Å². The van der Waals surface area contributed by atoms with Crippen molar-refractivity contribution >= 4 is 46.3 Å². The van der Waals surface area contributed by atoms with E-state index in [-0.39, 0.29) is 17.6 Å². The Bertz CT molecular complexity index is 765. The number of likely N-dealkylation sites (tertiary alicyclic amines) is 1. The van der Waals surface area contributed by atoms with Gasteiger partial charge in [0.15, 0.2) is 5.92 Å². The lowest BCUT2D eigenvalue weighted by molar-refractivity contribution is -0.407.